The fraction of sp³-hybridized carbons (Fsp3) is 0.400. The fourth-order valence-corrected chi connectivity index (χ4v) is 1.31. The quantitative estimate of drug-likeness (QED) is 0.467. The van der Waals surface area contributed by atoms with Crippen molar-refractivity contribution >= 4 is 8.03 Å². The van der Waals surface area contributed by atoms with E-state index in [2.05, 4.69) is 0 Å². The minimum atomic E-state index is -2.86. The second-order valence-corrected chi connectivity index (χ2v) is 4.39. The largest absolute Gasteiger partial charge is 0.394 e. The van der Waals surface area contributed by atoms with Gasteiger partial charge in [0, 0.05) is 0 Å². The minimum absolute atomic E-state index is 0.365. The van der Waals surface area contributed by atoms with Gasteiger partial charge in [0.1, 0.15) is 6.10 Å². The van der Waals surface area contributed by atoms with E-state index in [4.69, 9.17) is 25.3 Å². The molecule has 0 aliphatic heterocycles. The van der Waals surface area contributed by atoms with E-state index in [1.165, 1.54) is 0 Å². The topological polar surface area (TPSA) is 118 Å². The van der Waals surface area contributed by atoms with E-state index in [1.807, 2.05) is 0 Å². The molecule has 6 nitrogen and oxygen atoms in total. The molecule has 1 aromatic rings. The Balaban J connectivity index is 0.000000366. The van der Waals surface area contributed by atoms with Crippen molar-refractivity contribution in [2.45, 2.75) is 11.9 Å². The van der Waals surface area contributed by atoms with E-state index in [0.717, 1.165) is 0 Å². The van der Waals surface area contributed by atoms with E-state index in [0.29, 0.717) is 5.56 Å². The van der Waals surface area contributed by atoms with Gasteiger partial charge < -0.3 is 25.3 Å². The maximum Gasteiger partial charge on any atom is 0.221 e. The number of rotatable bonds is 4. The highest BCUT2D eigenvalue weighted by Gasteiger charge is 2.10. The van der Waals surface area contributed by atoms with E-state index < -0.39 is 20.0 Å². The van der Waals surface area contributed by atoms with Crippen LogP contribution in [-0.2, 0) is 4.57 Å². The summed E-state index contributed by atoms with van der Waals surface area (Å²) in [6.45, 7) is -0.729. The Morgan fingerprint density at radius 2 is 1.53 bits per heavy atom. The second-order valence-electron chi connectivity index (χ2n) is 3.17. The van der Waals surface area contributed by atoms with Crippen LogP contribution in [0.5, 0.6) is 0 Å². The Bertz CT molecular complexity index is 314. The van der Waals surface area contributed by atoms with Crippen molar-refractivity contribution < 1.29 is 29.9 Å². The average molecular weight is 264 g/mol. The minimum Gasteiger partial charge on any atom is -0.394 e. The normalized spacial score (nSPS) is 13.8. The van der Waals surface area contributed by atoms with Crippen LogP contribution in [0.4, 0.5) is 0 Å². The molecule has 0 spiro atoms. The molecule has 0 aromatic heterocycles. The highest BCUT2D eigenvalue weighted by Crippen LogP contribution is 2.34. The fourth-order valence-electron chi connectivity index (χ4n) is 0.836. The van der Waals surface area contributed by atoms with Crippen LogP contribution < -0.4 is 0 Å². The van der Waals surface area contributed by atoms with Gasteiger partial charge in [-0.1, -0.05) is 30.3 Å². The summed E-state index contributed by atoms with van der Waals surface area (Å²) in [5.74, 6) is -1.22. The summed E-state index contributed by atoms with van der Waals surface area (Å²) in [6, 6.07) is 8.43. The van der Waals surface area contributed by atoms with Gasteiger partial charge in [0.15, 0.2) is 5.85 Å². The van der Waals surface area contributed by atoms with Gasteiger partial charge in [-0.25, -0.2) is 0 Å². The number of aliphatic hydroxyl groups is 4. The van der Waals surface area contributed by atoms with Crippen LogP contribution in [0.25, 0.3) is 0 Å². The Kier molecular flexibility index (Phi) is 8.89. The number of hydrogen-bond donors (Lipinski definition) is 5. The number of benzene rings is 1. The van der Waals surface area contributed by atoms with Crippen molar-refractivity contribution in [1.82, 2.24) is 0 Å². The van der Waals surface area contributed by atoms with Gasteiger partial charge in [0.25, 0.3) is 0 Å². The Hall–Kier alpha value is -0.750. The van der Waals surface area contributed by atoms with Crippen molar-refractivity contribution in [1.29, 1.82) is 0 Å². The summed E-state index contributed by atoms with van der Waals surface area (Å²) in [7, 11) is -2.86. The molecule has 0 aliphatic carbocycles. The monoisotopic (exact) mass is 264 g/mol. The first-order valence-corrected chi connectivity index (χ1v) is 6.31. The number of aliphatic hydroxyl groups excluding tert-OH is 4. The van der Waals surface area contributed by atoms with Gasteiger partial charge in [-0.05, 0) is 5.56 Å². The summed E-state index contributed by atoms with van der Waals surface area (Å²) < 4.78 is 10.4. The summed E-state index contributed by atoms with van der Waals surface area (Å²) in [6.07, 6.45) is -0.954. The molecular weight excluding hydrogens is 247 g/mol. The predicted octanol–water partition coefficient (Wildman–Crippen LogP) is -0.524. The van der Waals surface area contributed by atoms with Crippen molar-refractivity contribution in [2.75, 3.05) is 13.2 Å². The molecule has 0 fully saturated rings. The van der Waals surface area contributed by atoms with Gasteiger partial charge in [0.2, 0.25) is 8.03 Å². The molecular formula is C10H17O6P. The molecule has 17 heavy (non-hydrogen) atoms. The Morgan fingerprint density at radius 3 is 1.82 bits per heavy atom. The SMILES string of the molecule is O=[PH](O)C(O)c1ccccc1.OCC(O)CO. The third-order valence-corrected chi connectivity index (χ3v) is 2.57. The molecule has 0 bridgehead atoms. The van der Waals surface area contributed by atoms with Crippen LogP contribution in [0.2, 0.25) is 0 Å². The highest BCUT2D eigenvalue weighted by molar-refractivity contribution is 7.38. The van der Waals surface area contributed by atoms with Crippen molar-refractivity contribution in [2.24, 2.45) is 0 Å². The predicted molar refractivity (Wildman–Crippen MR) is 62.8 cm³/mol. The molecule has 2 atom stereocenters. The molecule has 0 heterocycles. The van der Waals surface area contributed by atoms with Crippen LogP contribution in [0, 0.1) is 0 Å². The molecule has 0 saturated carbocycles. The van der Waals surface area contributed by atoms with Crippen molar-refractivity contribution in [3.8, 4) is 0 Å². The summed E-state index contributed by atoms with van der Waals surface area (Å²) in [5.41, 5.74) is 0.485. The van der Waals surface area contributed by atoms with Crippen LogP contribution in [0.15, 0.2) is 30.3 Å². The summed E-state index contributed by atoms with van der Waals surface area (Å²) in [4.78, 5) is 8.57. The molecule has 1 aromatic carbocycles. The van der Waals surface area contributed by atoms with E-state index >= 15 is 0 Å². The zero-order valence-corrected chi connectivity index (χ0v) is 10.1. The van der Waals surface area contributed by atoms with Crippen LogP contribution >= 0.6 is 8.03 Å². The zero-order valence-electron chi connectivity index (χ0n) is 9.10. The van der Waals surface area contributed by atoms with E-state index in [-0.39, 0.29) is 13.2 Å². The van der Waals surface area contributed by atoms with Gasteiger partial charge in [-0.15, -0.1) is 0 Å². The van der Waals surface area contributed by atoms with Crippen LogP contribution in [0.1, 0.15) is 11.4 Å². The zero-order chi connectivity index (χ0) is 13.3. The Morgan fingerprint density at radius 1 is 1.06 bits per heavy atom. The Labute approximate surface area is 99.7 Å². The first-order valence-electron chi connectivity index (χ1n) is 4.88. The molecule has 1 rings (SSSR count). The maximum atomic E-state index is 10.4. The lowest BCUT2D eigenvalue weighted by Crippen LogP contribution is -2.15. The molecule has 0 amide bonds. The molecule has 0 aliphatic rings. The first kappa shape index (κ1) is 16.2. The van der Waals surface area contributed by atoms with Crippen LogP contribution in [-0.4, -0.2) is 44.6 Å². The van der Waals surface area contributed by atoms with E-state index in [9.17, 15) is 4.57 Å². The average Bonchev–Trinajstić information content (AvgIpc) is 2.38. The molecule has 98 valence electrons. The lowest BCUT2D eigenvalue weighted by atomic mass is 10.2. The molecule has 0 radical (unpaired) electrons. The first-order chi connectivity index (χ1) is 8.02. The molecule has 2 unspecified atom stereocenters. The maximum absolute atomic E-state index is 10.4. The smallest absolute Gasteiger partial charge is 0.221 e. The van der Waals surface area contributed by atoms with Crippen molar-refractivity contribution in [3.05, 3.63) is 35.9 Å². The van der Waals surface area contributed by atoms with Gasteiger partial charge >= 0.3 is 0 Å². The summed E-state index contributed by atoms with van der Waals surface area (Å²) >= 11 is 0. The molecule has 0 saturated heterocycles. The highest BCUT2D eigenvalue weighted by atomic mass is 31.1. The lowest BCUT2D eigenvalue weighted by Gasteiger charge is -2.04. The van der Waals surface area contributed by atoms with E-state index in [1.54, 1.807) is 30.3 Å². The number of hydrogen-bond acceptors (Lipinski definition) is 5. The van der Waals surface area contributed by atoms with Gasteiger partial charge in [-0.2, -0.15) is 0 Å². The third-order valence-electron chi connectivity index (χ3n) is 1.77. The van der Waals surface area contributed by atoms with Gasteiger partial charge in [0.05, 0.1) is 13.2 Å². The molecule has 5 N–H and O–H groups in total. The van der Waals surface area contributed by atoms with Gasteiger partial charge in [-0.3, -0.25) is 4.57 Å². The lowest BCUT2D eigenvalue weighted by molar-refractivity contribution is 0.0450. The summed E-state index contributed by atoms with van der Waals surface area (Å²) in [5, 5.41) is 33.1. The van der Waals surface area contributed by atoms with Crippen molar-refractivity contribution in [3.63, 3.8) is 0 Å². The van der Waals surface area contributed by atoms with Crippen LogP contribution in [0.3, 0.4) is 0 Å². The standard InChI is InChI=1S/C7H9O3P.C3H8O3/c8-7(11(9)10)6-4-2-1-3-5-6;4-1-3(6)2-5/h1-5,7-8,11H,(H,9,10);3-6H,1-2H2. The third kappa shape index (κ3) is 7.23. The second kappa shape index (κ2) is 9.30. The molecule has 7 heteroatoms.